The number of hydrogen-bond acceptors (Lipinski definition) is 6. The van der Waals surface area contributed by atoms with Gasteiger partial charge in [0.05, 0.1) is 12.6 Å². The van der Waals surface area contributed by atoms with Crippen LogP contribution in [-0.2, 0) is 11.3 Å². The topological polar surface area (TPSA) is 88.5 Å². The number of hydrogen-bond donors (Lipinski definition) is 1. The molecule has 1 fully saturated rings. The van der Waals surface area contributed by atoms with E-state index in [2.05, 4.69) is 19.9 Å². The van der Waals surface area contributed by atoms with Gasteiger partial charge in [-0.3, -0.25) is 14.6 Å². The van der Waals surface area contributed by atoms with Gasteiger partial charge in [-0.1, -0.05) is 35.0 Å². The Hall–Kier alpha value is -2.25. The second kappa shape index (κ2) is 7.11. The van der Waals surface area contributed by atoms with Crippen LogP contribution in [0.25, 0.3) is 11.4 Å². The van der Waals surface area contributed by atoms with Crippen molar-refractivity contribution in [3.8, 4) is 11.4 Å². The van der Waals surface area contributed by atoms with Gasteiger partial charge in [0, 0.05) is 31.7 Å². The molecular formula is C17H23N5O2. The van der Waals surface area contributed by atoms with Gasteiger partial charge < -0.3 is 10.3 Å². The number of benzene rings is 1. The van der Waals surface area contributed by atoms with Crippen LogP contribution in [0.5, 0.6) is 0 Å². The summed E-state index contributed by atoms with van der Waals surface area (Å²) in [5.41, 5.74) is 7.52. The third-order valence-corrected chi connectivity index (χ3v) is 4.50. The van der Waals surface area contributed by atoms with E-state index in [1.165, 1.54) is 5.56 Å². The van der Waals surface area contributed by atoms with Gasteiger partial charge in [-0.2, -0.15) is 4.98 Å². The Labute approximate surface area is 141 Å². The summed E-state index contributed by atoms with van der Waals surface area (Å²) in [5.74, 6) is 0.955. The third-order valence-electron chi connectivity index (χ3n) is 4.50. The molecular weight excluding hydrogens is 306 g/mol. The highest BCUT2D eigenvalue weighted by molar-refractivity contribution is 5.79. The summed E-state index contributed by atoms with van der Waals surface area (Å²) in [6.07, 6.45) is 0. The molecule has 1 aromatic heterocycles. The van der Waals surface area contributed by atoms with Gasteiger partial charge in [-0.25, -0.2) is 0 Å². The number of carbonyl (C=O) groups is 1. The fourth-order valence-electron chi connectivity index (χ4n) is 2.82. The number of nitrogens with two attached hydrogens (primary N) is 1. The van der Waals surface area contributed by atoms with E-state index in [1.54, 1.807) is 0 Å². The quantitative estimate of drug-likeness (QED) is 0.881. The molecule has 1 unspecified atom stereocenters. The van der Waals surface area contributed by atoms with E-state index >= 15 is 0 Å². The summed E-state index contributed by atoms with van der Waals surface area (Å²) in [4.78, 5) is 20.1. The van der Waals surface area contributed by atoms with E-state index in [0.717, 1.165) is 31.7 Å². The van der Waals surface area contributed by atoms with Crippen LogP contribution >= 0.6 is 0 Å². The molecule has 1 atom stereocenters. The molecule has 7 heteroatoms. The van der Waals surface area contributed by atoms with Gasteiger partial charge in [0.2, 0.25) is 17.6 Å². The van der Waals surface area contributed by atoms with Crippen molar-refractivity contribution in [2.75, 3.05) is 26.2 Å². The van der Waals surface area contributed by atoms with Crippen molar-refractivity contribution in [1.29, 1.82) is 0 Å². The van der Waals surface area contributed by atoms with E-state index in [1.807, 2.05) is 38.1 Å². The van der Waals surface area contributed by atoms with Crippen LogP contribution in [0, 0.1) is 6.92 Å². The van der Waals surface area contributed by atoms with E-state index in [4.69, 9.17) is 10.3 Å². The largest absolute Gasteiger partial charge is 0.368 e. The Kier molecular flexibility index (Phi) is 4.92. The van der Waals surface area contributed by atoms with Crippen LogP contribution in [0.15, 0.2) is 28.8 Å². The van der Waals surface area contributed by atoms with Crippen molar-refractivity contribution >= 4 is 5.91 Å². The lowest BCUT2D eigenvalue weighted by Crippen LogP contribution is -2.52. The van der Waals surface area contributed by atoms with Crippen LogP contribution in [0.1, 0.15) is 18.4 Å². The summed E-state index contributed by atoms with van der Waals surface area (Å²) < 4.78 is 5.37. The third kappa shape index (κ3) is 3.80. The monoisotopic (exact) mass is 329 g/mol. The molecule has 0 bridgehead atoms. The zero-order valence-electron chi connectivity index (χ0n) is 14.1. The van der Waals surface area contributed by atoms with E-state index in [-0.39, 0.29) is 11.9 Å². The highest BCUT2D eigenvalue weighted by Crippen LogP contribution is 2.17. The average Bonchev–Trinajstić information content (AvgIpc) is 3.04. The van der Waals surface area contributed by atoms with E-state index in [0.29, 0.717) is 18.3 Å². The Bertz CT molecular complexity index is 689. The van der Waals surface area contributed by atoms with Crippen LogP contribution in [0.2, 0.25) is 0 Å². The van der Waals surface area contributed by atoms with Crippen molar-refractivity contribution in [1.82, 2.24) is 19.9 Å². The normalized spacial score (nSPS) is 17.8. The maximum Gasteiger partial charge on any atom is 0.241 e. The summed E-state index contributed by atoms with van der Waals surface area (Å²) in [7, 11) is 0. The Morgan fingerprint density at radius 1 is 1.25 bits per heavy atom. The molecule has 0 radical (unpaired) electrons. The predicted molar refractivity (Wildman–Crippen MR) is 90.0 cm³/mol. The zero-order valence-corrected chi connectivity index (χ0v) is 14.1. The Balaban J connectivity index is 1.56. The van der Waals surface area contributed by atoms with Crippen molar-refractivity contribution in [2.24, 2.45) is 5.73 Å². The lowest BCUT2D eigenvalue weighted by molar-refractivity contribution is -0.123. The molecule has 1 saturated heterocycles. The first-order valence-corrected chi connectivity index (χ1v) is 8.18. The van der Waals surface area contributed by atoms with Crippen LogP contribution < -0.4 is 5.73 Å². The molecule has 24 heavy (non-hydrogen) atoms. The number of primary amides is 1. The number of aryl methyl sites for hydroxylation is 1. The number of piperazine rings is 1. The number of carbonyl (C=O) groups excluding carboxylic acids is 1. The van der Waals surface area contributed by atoms with Gasteiger partial charge >= 0.3 is 0 Å². The molecule has 0 saturated carbocycles. The summed E-state index contributed by atoms with van der Waals surface area (Å²) in [5, 5.41) is 4.06. The van der Waals surface area contributed by atoms with Gasteiger partial charge in [0.1, 0.15) is 0 Å². The minimum absolute atomic E-state index is 0.219. The number of rotatable bonds is 5. The molecule has 2 heterocycles. The van der Waals surface area contributed by atoms with Crippen molar-refractivity contribution in [2.45, 2.75) is 26.4 Å². The first-order valence-electron chi connectivity index (χ1n) is 8.18. The SMILES string of the molecule is Cc1ccc(-c2noc(CN3CCN(C(C)C(N)=O)CC3)n2)cc1. The molecule has 0 spiro atoms. The standard InChI is InChI=1S/C17H23N5O2/c1-12-3-5-14(6-4-12)17-19-15(24-20-17)11-21-7-9-22(10-8-21)13(2)16(18)23/h3-6,13H,7-11H2,1-2H3,(H2,18,23). The second-order valence-corrected chi connectivity index (χ2v) is 6.27. The fraction of sp³-hybridized carbons (Fsp3) is 0.471. The molecule has 1 aliphatic heterocycles. The van der Waals surface area contributed by atoms with Gasteiger partial charge in [0.25, 0.3) is 0 Å². The lowest BCUT2D eigenvalue weighted by atomic mass is 10.1. The second-order valence-electron chi connectivity index (χ2n) is 6.27. The molecule has 128 valence electrons. The fourth-order valence-corrected chi connectivity index (χ4v) is 2.82. The molecule has 1 aromatic carbocycles. The summed E-state index contributed by atoms with van der Waals surface area (Å²) in [6, 6.07) is 7.83. The molecule has 1 amide bonds. The van der Waals surface area contributed by atoms with Crippen molar-refractivity contribution in [3.05, 3.63) is 35.7 Å². The number of amides is 1. The highest BCUT2D eigenvalue weighted by Gasteiger charge is 2.25. The first-order chi connectivity index (χ1) is 11.5. The van der Waals surface area contributed by atoms with Crippen LogP contribution in [0.4, 0.5) is 0 Å². The first kappa shape index (κ1) is 16.6. The molecule has 3 rings (SSSR count). The molecule has 2 N–H and O–H groups in total. The minimum atomic E-state index is -0.275. The zero-order chi connectivity index (χ0) is 17.1. The Morgan fingerprint density at radius 2 is 1.92 bits per heavy atom. The average molecular weight is 329 g/mol. The van der Waals surface area contributed by atoms with Crippen molar-refractivity contribution < 1.29 is 9.32 Å². The summed E-state index contributed by atoms with van der Waals surface area (Å²) in [6.45, 7) is 7.83. The minimum Gasteiger partial charge on any atom is -0.368 e. The van der Waals surface area contributed by atoms with Crippen molar-refractivity contribution in [3.63, 3.8) is 0 Å². The maximum absolute atomic E-state index is 11.3. The Morgan fingerprint density at radius 3 is 2.54 bits per heavy atom. The van der Waals surface area contributed by atoms with Gasteiger partial charge in [-0.05, 0) is 13.8 Å². The van der Waals surface area contributed by atoms with Gasteiger partial charge in [-0.15, -0.1) is 0 Å². The highest BCUT2D eigenvalue weighted by atomic mass is 16.5. The van der Waals surface area contributed by atoms with Crippen LogP contribution in [0.3, 0.4) is 0 Å². The van der Waals surface area contributed by atoms with E-state index < -0.39 is 0 Å². The maximum atomic E-state index is 11.3. The van der Waals surface area contributed by atoms with Crippen LogP contribution in [-0.4, -0.2) is 58.1 Å². The molecule has 7 nitrogen and oxygen atoms in total. The predicted octanol–water partition coefficient (Wildman–Crippen LogP) is 1.04. The molecule has 1 aliphatic rings. The van der Waals surface area contributed by atoms with Gasteiger partial charge in [0.15, 0.2) is 0 Å². The number of nitrogens with zero attached hydrogens (tertiary/aromatic N) is 4. The summed E-state index contributed by atoms with van der Waals surface area (Å²) >= 11 is 0. The van der Waals surface area contributed by atoms with E-state index in [9.17, 15) is 4.79 Å². The lowest BCUT2D eigenvalue weighted by Gasteiger charge is -2.36. The smallest absolute Gasteiger partial charge is 0.241 e. The molecule has 0 aliphatic carbocycles. The molecule has 2 aromatic rings. The number of aromatic nitrogens is 2.